The molecule has 0 spiro atoms. The van der Waals surface area contributed by atoms with Crippen LogP contribution in [0.25, 0.3) is 0 Å². The lowest BCUT2D eigenvalue weighted by Gasteiger charge is -2.41. The predicted octanol–water partition coefficient (Wildman–Crippen LogP) is 3.64. The van der Waals surface area contributed by atoms with E-state index in [2.05, 4.69) is 27.5 Å². The molecule has 4 nitrogen and oxygen atoms in total. The summed E-state index contributed by atoms with van der Waals surface area (Å²) in [6.45, 7) is 4.14. The third kappa shape index (κ3) is 5.57. The van der Waals surface area contributed by atoms with Gasteiger partial charge in [-0.15, -0.1) is 24.0 Å². The van der Waals surface area contributed by atoms with Crippen LogP contribution < -0.4 is 10.6 Å². The van der Waals surface area contributed by atoms with Crippen LogP contribution in [0, 0.1) is 5.41 Å². The SMILES string of the molecule is CCC1(CNC(=NC)NCCc2ccc(Cl)nc2)CCC1.I. The summed E-state index contributed by atoms with van der Waals surface area (Å²) in [5, 5.41) is 7.35. The van der Waals surface area contributed by atoms with Gasteiger partial charge in [-0.1, -0.05) is 31.0 Å². The molecule has 6 heteroatoms. The summed E-state index contributed by atoms with van der Waals surface area (Å²) in [5.41, 5.74) is 1.67. The lowest BCUT2D eigenvalue weighted by molar-refractivity contribution is 0.131. The van der Waals surface area contributed by atoms with E-state index in [9.17, 15) is 0 Å². The van der Waals surface area contributed by atoms with E-state index in [1.165, 1.54) is 31.2 Å². The van der Waals surface area contributed by atoms with E-state index in [1.54, 1.807) is 0 Å². The topological polar surface area (TPSA) is 49.3 Å². The first kappa shape index (κ1) is 19.5. The van der Waals surface area contributed by atoms with Crippen LogP contribution in [0.4, 0.5) is 0 Å². The molecule has 1 aliphatic carbocycles. The molecule has 0 aliphatic heterocycles. The van der Waals surface area contributed by atoms with E-state index in [-0.39, 0.29) is 24.0 Å². The first-order valence-corrected chi connectivity index (χ1v) is 8.10. The molecule has 22 heavy (non-hydrogen) atoms. The summed E-state index contributed by atoms with van der Waals surface area (Å²) in [5.74, 6) is 0.886. The number of hydrogen-bond donors (Lipinski definition) is 2. The van der Waals surface area contributed by atoms with Gasteiger partial charge in [-0.25, -0.2) is 4.98 Å². The van der Waals surface area contributed by atoms with Crippen LogP contribution in [0.5, 0.6) is 0 Å². The van der Waals surface area contributed by atoms with Crippen LogP contribution in [0.1, 0.15) is 38.2 Å². The number of nitrogens with one attached hydrogen (secondary N) is 2. The van der Waals surface area contributed by atoms with Crippen molar-refractivity contribution in [3.8, 4) is 0 Å². The van der Waals surface area contributed by atoms with Crippen molar-refractivity contribution < 1.29 is 0 Å². The van der Waals surface area contributed by atoms with Crippen molar-refractivity contribution in [3.05, 3.63) is 29.0 Å². The second-order valence-corrected chi connectivity index (χ2v) is 6.19. The Labute approximate surface area is 155 Å². The molecule has 2 N–H and O–H groups in total. The van der Waals surface area contributed by atoms with Crippen LogP contribution in [0.3, 0.4) is 0 Å². The van der Waals surface area contributed by atoms with Gasteiger partial charge in [-0.3, -0.25) is 4.99 Å². The lowest BCUT2D eigenvalue weighted by atomic mass is 9.67. The predicted molar refractivity (Wildman–Crippen MR) is 104 cm³/mol. The second-order valence-electron chi connectivity index (χ2n) is 5.80. The molecule has 2 rings (SSSR count). The molecule has 0 atom stereocenters. The molecule has 124 valence electrons. The highest BCUT2D eigenvalue weighted by molar-refractivity contribution is 14.0. The van der Waals surface area contributed by atoms with Crippen LogP contribution in [-0.4, -0.2) is 31.1 Å². The van der Waals surface area contributed by atoms with E-state index in [4.69, 9.17) is 11.6 Å². The van der Waals surface area contributed by atoms with Crippen molar-refractivity contribution >= 4 is 41.5 Å². The molecule has 1 aromatic heterocycles. The summed E-state index contributed by atoms with van der Waals surface area (Å²) < 4.78 is 0. The normalized spacial score (nSPS) is 16.4. The standard InChI is InChI=1S/C16H25ClN4.HI/c1-3-16(8-4-9-16)12-21-15(18-2)19-10-7-13-5-6-14(17)20-11-13;/h5-6,11H,3-4,7-10,12H2,1-2H3,(H2,18,19,21);1H. The number of nitrogens with zero attached hydrogens (tertiary/aromatic N) is 2. The average Bonchev–Trinajstić information content (AvgIpc) is 2.46. The van der Waals surface area contributed by atoms with Gasteiger partial charge in [0, 0.05) is 26.3 Å². The number of guanidine groups is 1. The Balaban J connectivity index is 0.00000242. The van der Waals surface area contributed by atoms with Crippen molar-refractivity contribution in [2.75, 3.05) is 20.1 Å². The number of pyridine rings is 1. The van der Waals surface area contributed by atoms with Gasteiger partial charge < -0.3 is 10.6 Å². The van der Waals surface area contributed by atoms with Crippen LogP contribution in [0.2, 0.25) is 5.15 Å². The molecule has 0 bridgehead atoms. The second kappa shape index (κ2) is 9.55. The van der Waals surface area contributed by atoms with Gasteiger partial charge in [0.25, 0.3) is 0 Å². The lowest BCUT2D eigenvalue weighted by Crippen LogP contribution is -2.46. The Morgan fingerprint density at radius 3 is 2.64 bits per heavy atom. The molecular formula is C16H26ClIN4. The number of aromatic nitrogens is 1. The van der Waals surface area contributed by atoms with Gasteiger partial charge in [0.05, 0.1) is 0 Å². The van der Waals surface area contributed by atoms with E-state index in [1.807, 2.05) is 25.4 Å². The van der Waals surface area contributed by atoms with E-state index in [0.29, 0.717) is 10.6 Å². The van der Waals surface area contributed by atoms with Crippen LogP contribution in [-0.2, 0) is 6.42 Å². The molecule has 0 unspecified atom stereocenters. The summed E-state index contributed by atoms with van der Waals surface area (Å²) in [7, 11) is 1.82. The maximum Gasteiger partial charge on any atom is 0.191 e. The van der Waals surface area contributed by atoms with Gasteiger partial charge in [0.15, 0.2) is 5.96 Å². The Morgan fingerprint density at radius 2 is 2.14 bits per heavy atom. The van der Waals surface area contributed by atoms with Gasteiger partial charge in [0.2, 0.25) is 0 Å². The van der Waals surface area contributed by atoms with E-state index >= 15 is 0 Å². The maximum atomic E-state index is 5.78. The number of aliphatic imine (C=N–C) groups is 1. The molecule has 1 aromatic rings. The fourth-order valence-electron chi connectivity index (χ4n) is 2.70. The minimum Gasteiger partial charge on any atom is -0.356 e. The fourth-order valence-corrected chi connectivity index (χ4v) is 2.82. The Bertz CT molecular complexity index is 466. The summed E-state index contributed by atoms with van der Waals surface area (Å²) in [6.07, 6.45) is 8.01. The zero-order valence-electron chi connectivity index (χ0n) is 13.4. The summed E-state index contributed by atoms with van der Waals surface area (Å²) >= 11 is 5.78. The quantitative estimate of drug-likeness (QED) is 0.310. The van der Waals surface area contributed by atoms with Gasteiger partial charge in [-0.05, 0) is 42.7 Å². The molecule has 1 heterocycles. The molecule has 0 saturated heterocycles. The average molecular weight is 437 g/mol. The minimum atomic E-state index is 0. The van der Waals surface area contributed by atoms with E-state index < -0.39 is 0 Å². The van der Waals surface area contributed by atoms with E-state index in [0.717, 1.165) is 25.5 Å². The maximum absolute atomic E-state index is 5.78. The Kier molecular flexibility index (Phi) is 8.46. The molecule has 1 fully saturated rings. The fraction of sp³-hybridized carbons (Fsp3) is 0.625. The molecule has 1 saturated carbocycles. The Morgan fingerprint density at radius 1 is 1.36 bits per heavy atom. The number of hydrogen-bond acceptors (Lipinski definition) is 2. The zero-order chi connectivity index (χ0) is 15.1. The first-order chi connectivity index (χ1) is 10.2. The van der Waals surface area contributed by atoms with Crippen molar-refractivity contribution in [3.63, 3.8) is 0 Å². The third-order valence-corrected chi connectivity index (χ3v) is 4.74. The molecular weight excluding hydrogens is 411 g/mol. The highest BCUT2D eigenvalue weighted by Gasteiger charge is 2.34. The molecule has 0 radical (unpaired) electrons. The van der Waals surface area contributed by atoms with Crippen LogP contribution in [0.15, 0.2) is 23.3 Å². The first-order valence-electron chi connectivity index (χ1n) is 7.72. The van der Waals surface area contributed by atoms with Gasteiger partial charge in [-0.2, -0.15) is 0 Å². The Hall–Kier alpha value is -0.560. The highest BCUT2D eigenvalue weighted by atomic mass is 127. The number of halogens is 2. The summed E-state index contributed by atoms with van der Waals surface area (Å²) in [6, 6.07) is 3.83. The third-order valence-electron chi connectivity index (χ3n) is 4.51. The molecule has 1 aliphatic rings. The highest BCUT2D eigenvalue weighted by Crippen LogP contribution is 2.42. The van der Waals surface area contributed by atoms with Crippen molar-refractivity contribution in [2.45, 2.75) is 39.0 Å². The van der Waals surface area contributed by atoms with Gasteiger partial charge in [0.1, 0.15) is 5.15 Å². The van der Waals surface area contributed by atoms with Crippen molar-refractivity contribution in [2.24, 2.45) is 10.4 Å². The van der Waals surface area contributed by atoms with Crippen molar-refractivity contribution in [1.29, 1.82) is 0 Å². The molecule has 0 aromatic carbocycles. The smallest absolute Gasteiger partial charge is 0.191 e. The monoisotopic (exact) mass is 436 g/mol. The minimum absolute atomic E-state index is 0. The number of rotatable bonds is 6. The zero-order valence-corrected chi connectivity index (χ0v) is 16.4. The summed E-state index contributed by atoms with van der Waals surface area (Å²) in [4.78, 5) is 8.37. The van der Waals surface area contributed by atoms with Gasteiger partial charge >= 0.3 is 0 Å². The van der Waals surface area contributed by atoms with Crippen molar-refractivity contribution in [1.82, 2.24) is 15.6 Å². The van der Waals surface area contributed by atoms with Crippen LogP contribution >= 0.6 is 35.6 Å². The molecule has 0 amide bonds. The largest absolute Gasteiger partial charge is 0.356 e.